The zero-order valence-electron chi connectivity index (χ0n) is 8.99. The van der Waals surface area contributed by atoms with E-state index in [0.29, 0.717) is 11.9 Å². The van der Waals surface area contributed by atoms with E-state index >= 15 is 0 Å². The van der Waals surface area contributed by atoms with Gasteiger partial charge in [-0.3, -0.25) is 0 Å². The van der Waals surface area contributed by atoms with Crippen molar-refractivity contribution in [3.05, 3.63) is 36.0 Å². The van der Waals surface area contributed by atoms with Gasteiger partial charge in [-0.05, 0) is 11.5 Å². The average Bonchev–Trinajstić information content (AvgIpc) is 2.65. The van der Waals surface area contributed by atoms with Crippen LogP contribution in [0.3, 0.4) is 0 Å². The van der Waals surface area contributed by atoms with Crippen LogP contribution in [0.2, 0.25) is 0 Å². The molecule has 0 radical (unpaired) electrons. The number of anilines is 1. The molecular weight excluding hydrogens is 186 g/mol. The molecule has 0 spiro atoms. The fraction of sp³-hybridized carbons (Fsp3) is 0.250. The fourth-order valence-electron chi connectivity index (χ4n) is 1.71. The molecule has 15 heavy (non-hydrogen) atoms. The van der Waals surface area contributed by atoms with Crippen LogP contribution in [-0.4, -0.2) is 9.97 Å². The molecule has 0 aliphatic rings. The number of nitrogen functional groups attached to an aromatic ring is 1. The maximum Gasteiger partial charge on any atom is 0.198 e. The molecule has 0 atom stereocenters. The van der Waals surface area contributed by atoms with E-state index < -0.39 is 0 Å². The summed E-state index contributed by atoms with van der Waals surface area (Å²) in [4.78, 5) is 7.15. The molecule has 0 unspecified atom stereocenters. The summed E-state index contributed by atoms with van der Waals surface area (Å²) in [6.45, 7) is 4.35. The van der Waals surface area contributed by atoms with Crippen molar-refractivity contribution in [3.8, 4) is 11.3 Å². The van der Waals surface area contributed by atoms with E-state index in [1.165, 1.54) is 5.56 Å². The molecule has 3 N–H and O–H groups in total. The van der Waals surface area contributed by atoms with Crippen molar-refractivity contribution in [2.24, 2.45) is 0 Å². The topological polar surface area (TPSA) is 54.7 Å². The van der Waals surface area contributed by atoms with Gasteiger partial charge in [0, 0.05) is 11.8 Å². The zero-order chi connectivity index (χ0) is 10.8. The number of H-pyrrole nitrogens is 1. The van der Waals surface area contributed by atoms with Gasteiger partial charge in [0.25, 0.3) is 0 Å². The Kier molecular flexibility index (Phi) is 2.46. The van der Waals surface area contributed by atoms with Gasteiger partial charge in [0.1, 0.15) is 0 Å². The van der Waals surface area contributed by atoms with E-state index in [-0.39, 0.29) is 0 Å². The predicted octanol–water partition coefficient (Wildman–Crippen LogP) is 2.78. The largest absolute Gasteiger partial charge is 0.369 e. The van der Waals surface area contributed by atoms with Gasteiger partial charge < -0.3 is 10.7 Å². The molecule has 0 amide bonds. The summed E-state index contributed by atoms with van der Waals surface area (Å²) in [6, 6.07) is 8.27. The van der Waals surface area contributed by atoms with Crippen LogP contribution < -0.4 is 5.73 Å². The third-order valence-electron chi connectivity index (χ3n) is 2.46. The highest BCUT2D eigenvalue weighted by atomic mass is 15.0. The monoisotopic (exact) mass is 201 g/mol. The number of nitrogens with one attached hydrogen (secondary N) is 1. The van der Waals surface area contributed by atoms with Crippen molar-refractivity contribution < 1.29 is 0 Å². The van der Waals surface area contributed by atoms with Crippen molar-refractivity contribution in [3.63, 3.8) is 0 Å². The molecule has 0 saturated heterocycles. The first-order chi connectivity index (χ1) is 7.18. The Bertz CT molecular complexity index is 457. The Hall–Kier alpha value is -1.77. The first kappa shape index (κ1) is 9.77. The standard InChI is InChI=1S/C12H15N3/c1-8(2)9-5-3-4-6-10(9)11-7-14-12(13)15-11/h3-8H,1-2H3,(H3,13,14,15). The summed E-state index contributed by atoms with van der Waals surface area (Å²) in [6.07, 6.45) is 1.84. The molecule has 0 aliphatic carbocycles. The van der Waals surface area contributed by atoms with Gasteiger partial charge in [-0.25, -0.2) is 4.98 Å². The lowest BCUT2D eigenvalue weighted by molar-refractivity contribution is 0.868. The van der Waals surface area contributed by atoms with E-state index in [2.05, 4.69) is 42.0 Å². The van der Waals surface area contributed by atoms with E-state index in [1.54, 1.807) is 0 Å². The molecule has 0 saturated carbocycles. The second-order valence-electron chi connectivity index (χ2n) is 3.91. The van der Waals surface area contributed by atoms with E-state index in [1.807, 2.05) is 12.3 Å². The second-order valence-corrected chi connectivity index (χ2v) is 3.91. The molecule has 1 aromatic heterocycles. The number of nitrogens with two attached hydrogens (primary N) is 1. The summed E-state index contributed by atoms with van der Waals surface area (Å²) in [5, 5.41) is 0. The lowest BCUT2D eigenvalue weighted by Crippen LogP contribution is -1.92. The van der Waals surface area contributed by atoms with Crippen molar-refractivity contribution in [1.82, 2.24) is 9.97 Å². The van der Waals surface area contributed by atoms with Crippen LogP contribution in [0.4, 0.5) is 5.95 Å². The molecule has 3 nitrogen and oxygen atoms in total. The minimum absolute atomic E-state index is 0.462. The summed E-state index contributed by atoms with van der Waals surface area (Å²) in [7, 11) is 0. The molecule has 0 bridgehead atoms. The van der Waals surface area contributed by atoms with Gasteiger partial charge in [0.05, 0.1) is 5.69 Å². The van der Waals surface area contributed by atoms with Gasteiger partial charge in [-0.15, -0.1) is 0 Å². The Balaban J connectivity index is 2.52. The predicted molar refractivity (Wildman–Crippen MR) is 62.5 cm³/mol. The quantitative estimate of drug-likeness (QED) is 0.785. The van der Waals surface area contributed by atoms with Crippen LogP contribution in [-0.2, 0) is 0 Å². The number of rotatable bonds is 2. The van der Waals surface area contributed by atoms with Crippen molar-refractivity contribution in [2.45, 2.75) is 19.8 Å². The lowest BCUT2D eigenvalue weighted by atomic mass is 9.96. The highest BCUT2D eigenvalue weighted by molar-refractivity contribution is 5.65. The maximum atomic E-state index is 5.58. The lowest BCUT2D eigenvalue weighted by Gasteiger charge is -2.10. The zero-order valence-corrected chi connectivity index (χ0v) is 8.99. The highest BCUT2D eigenvalue weighted by Crippen LogP contribution is 2.27. The third kappa shape index (κ3) is 1.86. The molecule has 0 fully saturated rings. The summed E-state index contributed by atoms with van der Waals surface area (Å²) < 4.78 is 0. The number of hydrogen-bond donors (Lipinski definition) is 2. The van der Waals surface area contributed by atoms with Gasteiger partial charge >= 0.3 is 0 Å². The first-order valence-electron chi connectivity index (χ1n) is 5.08. The second kappa shape index (κ2) is 3.77. The molecular formula is C12H15N3. The van der Waals surface area contributed by atoms with Crippen LogP contribution in [0, 0.1) is 0 Å². The van der Waals surface area contributed by atoms with Crippen LogP contribution in [0.15, 0.2) is 30.5 Å². The number of nitrogens with zero attached hydrogens (tertiary/aromatic N) is 1. The van der Waals surface area contributed by atoms with Crippen LogP contribution in [0.1, 0.15) is 25.3 Å². The summed E-state index contributed by atoms with van der Waals surface area (Å²) in [5.74, 6) is 0.947. The van der Waals surface area contributed by atoms with Gasteiger partial charge in [-0.1, -0.05) is 38.1 Å². The van der Waals surface area contributed by atoms with E-state index in [4.69, 9.17) is 5.73 Å². The molecule has 1 heterocycles. The van der Waals surface area contributed by atoms with Gasteiger partial charge in [0.2, 0.25) is 0 Å². The summed E-state index contributed by atoms with van der Waals surface area (Å²) in [5.41, 5.74) is 8.94. The number of imidazole rings is 1. The number of benzene rings is 1. The van der Waals surface area contributed by atoms with Gasteiger partial charge in [0.15, 0.2) is 5.95 Å². The Morgan fingerprint density at radius 3 is 2.60 bits per heavy atom. The minimum Gasteiger partial charge on any atom is -0.369 e. The first-order valence-corrected chi connectivity index (χ1v) is 5.08. The average molecular weight is 201 g/mol. The molecule has 1 aromatic carbocycles. The SMILES string of the molecule is CC(C)c1ccccc1-c1c[nH]c(N)n1. The fourth-order valence-corrected chi connectivity index (χ4v) is 1.71. The molecule has 2 rings (SSSR count). The highest BCUT2D eigenvalue weighted by Gasteiger charge is 2.09. The maximum absolute atomic E-state index is 5.58. The third-order valence-corrected chi connectivity index (χ3v) is 2.46. The van der Waals surface area contributed by atoms with Crippen molar-refractivity contribution in [1.29, 1.82) is 0 Å². The molecule has 0 aliphatic heterocycles. The Labute approximate surface area is 89.4 Å². The van der Waals surface area contributed by atoms with Crippen LogP contribution in [0.25, 0.3) is 11.3 Å². The molecule has 78 valence electrons. The molecule has 2 aromatic rings. The Morgan fingerprint density at radius 1 is 1.27 bits per heavy atom. The van der Waals surface area contributed by atoms with E-state index in [9.17, 15) is 0 Å². The smallest absolute Gasteiger partial charge is 0.198 e. The number of aromatic nitrogens is 2. The molecule has 3 heteroatoms. The number of hydrogen-bond acceptors (Lipinski definition) is 2. The van der Waals surface area contributed by atoms with Crippen LogP contribution >= 0.6 is 0 Å². The van der Waals surface area contributed by atoms with E-state index in [0.717, 1.165) is 11.3 Å². The Morgan fingerprint density at radius 2 is 2.00 bits per heavy atom. The minimum atomic E-state index is 0.462. The number of aromatic amines is 1. The normalized spacial score (nSPS) is 10.9. The van der Waals surface area contributed by atoms with Gasteiger partial charge in [-0.2, -0.15) is 0 Å². The van der Waals surface area contributed by atoms with Crippen LogP contribution in [0.5, 0.6) is 0 Å². The summed E-state index contributed by atoms with van der Waals surface area (Å²) >= 11 is 0. The van der Waals surface area contributed by atoms with Crippen molar-refractivity contribution >= 4 is 5.95 Å². The van der Waals surface area contributed by atoms with Crippen molar-refractivity contribution in [2.75, 3.05) is 5.73 Å².